The number of nitrogens with one attached hydrogen (secondary N) is 1. The Labute approximate surface area is 120 Å². The van der Waals surface area contributed by atoms with Crippen LogP contribution in [0.5, 0.6) is 0 Å². The average molecular weight is 344 g/mol. The van der Waals surface area contributed by atoms with E-state index in [-0.39, 0.29) is 5.16 Å². The van der Waals surface area contributed by atoms with Crippen molar-refractivity contribution in [3.63, 3.8) is 0 Å². The maximum atomic E-state index is 12.5. The number of sulfonamides is 1. The molecule has 0 atom stereocenters. The molecular formula is C12H14BrN3O2S. The van der Waals surface area contributed by atoms with Gasteiger partial charge in [0.25, 0.3) is 10.0 Å². The molecule has 7 heteroatoms. The molecule has 0 saturated carbocycles. The predicted molar refractivity (Wildman–Crippen MR) is 76.4 cm³/mol. The van der Waals surface area contributed by atoms with E-state index in [0.29, 0.717) is 18.6 Å². The van der Waals surface area contributed by atoms with Gasteiger partial charge in [-0.15, -0.1) is 0 Å². The lowest BCUT2D eigenvalue weighted by Crippen LogP contribution is -2.36. The van der Waals surface area contributed by atoms with Crippen molar-refractivity contribution < 1.29 is 8.42 Å². The molecule has 1 aromatic heterocycles. The predicted octanol–water partition coefficient (Wildman–Crippen LogP) is 2.50. The van der Waals surface area contributed by atoms with Gasteiger partial charge in [0.2, 0.25) is 5.16 Å². The van der Waals surface area contributed by atoms with Gasteiger partial charge in [-0.1, -0.05) is 22.4 Å². The lowest BCUT2D eigenvalue weighted by atomic mass is 10.2. The highest BCUT2D eigenvalue weighted by molar-refractivity contribution is 9.10. The van der Waals surface area contributed by atoms with E-state index in [1.54, 1.807) is 6.07 Å². The number of piperidine rings is 1. The fourth-order valence-electron chi connectivity index (χ4n) is 2.31. The fraction of sp³-hybridized carbons (Fsp3) is 0.417. The topological polar surface area (TPSA) is 66.1 Å². The Balaban J connectivity index is 2.02. The third-order valence-corrected chi connectivity index (χ3v) is 5.54. The Morgan fingerprint density at radius 2 is 1.95 bits per heavy atom. The molecule has 0 bridgehead atoms. The van der Waals surface area contributed by atoms with Gasteiger partial charge in [-0.05, 0) is 31.0 Å². The maximum Gasteiger partial charge on any atom is 0.276 e. The number of halogens is 1. The Kier molecular flexibility index (Phi) is 3.36. The van der Waals surface area contributed by atoms with Gasteiger partial charge in [-0.25, -0.2) is 13.4 Å². The number of nitrogens with zero attached hydrogens (tertiary/aromatic N) is 2. The smallest absolute Gasteiger partial charge is 0.276 e. The summed E-state index contributed by atoms with van der Waals surface area (Å²) >= 11 is 3.36. The van der Waals surface area contributed by atoms with Crippen molar-refractivity contribution in [2.45, 2.75) is 24.4 Å². The highest BCUT2D eigenvalue weighted by Gasteiger charge is 2.28. The van der Waals surface area contributed by atoms with Crippen molar-refractivity contribution >= 4 is 37.0 Å². The molecule has 3 rings (SSSR count). The van der Waals surface area contributed by atoms with Gasteiger partial charge in [0.15, 0.2) is 0 Å². The van der Waals surface area contributed by atoms with Gasteiger partial charge in [0.1, 0.15) is 0 Å². The van der Waals surface area contributed by atoms with Crippen molar-refractivity contribution in [1.29, 1.82) is 0 Å². The summed E-state index contributed by atoms with van der Waals surface area (Å²) in [5.74, 6) is 0. The molecule has 0 radical (unpaired) electrons. The molecule has 1 saturated heterocycles. The van der Waals surface area contributed by atoms with Crippen LogP contribution in [0.25, 0.3) is 11.0 Å². The van der Waals surface area contributed by atoms with E-state index in [1.165, 1.54) is 4.31 Å². The van der Waals surface area contributed by atoms with Gasteiger partial charge in [0.05, 0.1) is 11.0 Å². The molecule has 1 aliphatic heterocycles. The van der Waals surface area contributed by atoms with Gasteiger partial charge >= 0.3 is 0 Å². The summed E-state index contributed by atoms with van der Waals surface area (Å²) in [7, 11) is -3.49. The molecule has 0 spiro atoms. The molecule has 1 fully saturated rings. The molecule has 19 heavy (non-hydrogen) atoms. The zero-order valence-corrected chi connectivity index (χ0v) is 12.7. The third-order valence-electron chi connectivity index (χ3n) is 3.32. The number of H-pyrrole nitrogens is 1. The van der Waals surface area contributed by atoms with Crippen LogP contribution in [0.3, 0.4) is 0 Å². The molecule has 0 unspecified atom stereocenters. The summed E-state index contributed by atoms with van der Waals surface area (Å²) < 4.78 is 27.3. The second-order valence-electron chi connectivity index (χ2n) is 4.67. The second kappa shape index (κ2) is 4.88. The summed E-state index contributed by atoms with van der Waals surface area (Å²) in [6, 6.07) is 5.48. The minimum atomic E-state index is -3.49. The molecule has 102 valence electrons. The Morgan fingerprint density at radius 1 is 1.21 bits per heavy atom. The highest BCUT2D eigenvalue weighted by atomic mass is 79.9. The number of imidazole rings is 1. The largest absolute Gasteiger partial charge is 0.328 e. The summed E-state index contributed by atoms with van der Waals surface area (Å²) in [5.41, 5.74) is 1.39. The van der Waals surface area contributed by atoms with Crippen LogP contribution in [0.2, 0.25) is 0 Å². The summed E-state index contributed by atoms with van der Waals surface area (Å²) in [4.78, 5) is 7.10. The zero-order valence-electron chi connectivity index (χ0n) is 10.3. The van der Waals surface area contributed by atoms with Crippen LogP contribution in [0, 0.1) is 0 Å². The van der Waals surface area contributed by atoms with Crippen molar-refractivity contribution in [1.82, 2.24) is 14.3 Å². The van der Waals surface area contributed by atoms with E-state index in [2.05, 4.69) is 25.9 Å². The normalized spacial score (nSPS) is 17.9. The molecule has 0 aliphatic carbocycles. The van der Waals surface area contributed by atoms with Gasteiger partial charge in [-0.2, -0.15) is 4.31 Å². The van der Waals surface area contributed by atoms with E-state index < -0.39 is 10.0 Å². The first-order valence-electron chi connectivity index (χ1n) is 6.23. The van der Waals surface area contributed by atoms with E-state index >= 15 is 0 Å². The van der Waals surface area contributed by atoms with Crippen molar-refractivity contribution in [3.05, 3.63) is 22.7 Å². The first-order chi connectivity index (χ1) is 9.07. The van der Waals surface area contributed by atoms with Crippen LogP contribution in [0.1, 0.15) is 19.3 Å². The number of fused-ring (bicyclic) bond motifs is 1. The quantitative estimate of drug-likeness (QED) is 0.910. The average Bonchev–Trinajstić information content (AvgIpc) is 2.83. The van der Waals surface area contributed by atoms with Gasteiger partial charge < -0.3 is 4.98 Å². The first kappa shape index (κ1) is 13.1. The molecule has 2 heterocycles. The van der Waals surface area contributed by atoms with Gasteiger partial charge in [0, 0.05) is 17.6 Å². The van der Waals surface area contributed by atoms with Crippen LogP contribution in [0.4, 0.5) is 0 Å². The summed E-state index contributed by atoms with van der Waals surface area (Å²) in [5, 5.41) is 0.0440. The summed E-state index contributed by atoms with van der Waals surface area (Å²) in [6.07, 6.45) is 2.94. The lowest BCUT2D eigenvalue weighted by molar-refractivity contribution is 0.344. The Bertz CT molecular complexity index is 705. The maximum absolute atomic E-state index is 12.5. The van der Waals surface area contributed by atoms with Crippen LogP contribution in [-0.2, 0) is 10.0 Å². The molecule has 1 aliphatic rings. The minimum Gasteiger partial charge on any atom is -0.328 e. The first-order valence-corrected chi connectivity index (χ1v) is 8.46. The van der Waals surface area contributed by atoms with Crippen LogP contribution >= 0.6 is 15.9 Å². The Hall–Kier alpha value is -0.920. The Morgan fingerprint density at radius 3 is 2.68 bits per heavy atom. The number of rotatable bonds is 2. The molecule has 0 amide bonds. The third kappa shape index (κ3) is 2.42. The van der Waals surface area contributed by atoms with E-state index in [0.717, 1.165) is 29.3 Å². The van der Waals surface area contributed by atoms with Crippen molar-refractivity contribution in [3.8, 4) is 0 Å². The molecular weight excluding hydrogens is 330 g/mol. The van der Waals surface area contributed by atoms with Crippen molar-refractivity contribution in [2.75, 3.05) is 13.1 Å². The molecule has 2 aromatic rings. The SMILES string of the molecule is O=S(=O)(c1nc2ccc(Br)cc2[nH]1)N1CCCCC1. The van der Waals surface area contributed by atoms with Gasteiger partial charge in [-0.3, -0.25) is 0 Å². The molecule has 1 N–H and O–H groups in total. The number of hydrogen-bond acceptors (Lipinski definition) is 3. The van der Waals surface area contributed by atoms with Crippen LogP contribution in [-0.4, -0.2) is 35.8 Å². The minimum absolute atomic E-state index is 0.0440. The zero-order chi connectivity index (χ0) is 13.5. The fourth-order valence-corrected chi connectivity index (χ4v) is 4.11. The highest BCUT2D eigenvalue weighted by Crippen LogP contribution is 2.23. The standard InChI is InChI=1S/C12H14BrN3O2S/c13-9-4-5-10-11(8-9)15-12(14-10)19(17,18)16-6-2-1-3-7-16/h4-5,8H,1-3,6-7H2,(H,14,15). The lowest BCUT2D eigenvalue weighted by Gasteiger charge is -2.24. The number of aromatic amines is 1. The molecule has 5 nitrogen and oxygen atoms in total. The number of aromatic nitrogens is 2. The van der Waals surface area contributed by atoms with E-state index in [1.807, 2.05) is 12.1 Å². The van der Waals surface area contributed by atoms with Crippen LogP contribution < -0.4 is 0 Å². The molecule has 1 aromatic carbocycles. The van der Waals surface area contributed by atoms with E-state index in [9.17, 15) is 8.42 Å². The van der Waals surface area contributed by atoms with E-state index in [4.69, 9.17) is 0 Å². The van der Waals surface area contributed by atoms with Crippen molar-refractivity contribution in [2.24, 2.45) is 0 Å². The summed E-state index contributed by atoms with van der Waals surface area (Å²) in [6.45, 7) is 1.17. The van der Waals surface area contributed by atoms with Crippen LogP contribution in [0.15, 0.2) is 27.8 Å². The monoisotopic (exact) mass is 343 g/mol. The second-order valence-corrected chi connectivity index (χ2v) is 7.44. The number of benzene rings is 1. The number of hydrogen-bond donors (Lipinski definition) is 1.